The molecule has 0 spiro atoms. The molecule has 1 aliphatic heterocycles. The van der Waals surface area contributed by atoms with Gasteiger partial charge in [0.1, 0.15) is 6.04 Å². The molecule has 2 N–H and O–H groups in total. The zero-order valence-electron chi connectivity index (χ0n) is 17.2. The molecule has 1 aliphatic rings. The van der Waals surface area contributed by atoms with Crippen molar-refractivity contribution in [3.63, 3.8) is 0 Å². The van der Waals surface area contributed by atoms with Crippen LogP contribution >= 0.6 is 0 Å². The quantitative estimate of drug-likeness (QED) is 0.707. The van der Waals surface area contributed by atoms with E-state index in [4.69, 9.17) is 0 Å². The van der Waals surface area contributed by atoms with Crippen LogP contribution in [0.1, 0.15) is 42.1 Å². The van der Waals surface area contributed by atoms with Gasteiger partial charge in [0.15, 0.2) is 0 Å². The third-order valence-electron chi connectivity index (χ3n) is 5.08. The number of hydrogen-bond acceptors (Lipinski definition) is 4. The number of amides is 2. The van der Waals surface area contributed by atoms with Crippen molar-refractivity contribution in [1.82, 2.24) is 10.2 Å². The number of rotatable bonds is 7. The highest BCUT2D eigenvalue weighted by atomic mass is 32.2. The Bertz CT molecular complexity index is 1000. The number of nitrogens with zero attached hydrogens (tertiary/aromatic N) is 1. The van der Waals surface area contributed by atoms with Crippen molar-refractivity contribution in [2.24, 2.45) is 0 Å². The van der Waals surface area contributed by atoms with Crippen LogP contribution in [-0.2, 0) is 14.8 Å². The van der Waals surface area contributed by atoms with Crippen molar-refractivity contribution in [3.8, 4) is 0 Å². The van der Waals surface area contributed by atoms with Gasteiger partial charge in [-0.15, -0.1) is 0 Å². The Morgan fingerprint density at radius 2 is 1.73 bits per heavy atom. The molecule has 1 saturated heterocycles. The molecule has 2 aromatic rings. The number of sulfonamides is 1. The summed E-state index contributed by atoms with van der Waals surface area (Å²) in [6, 6.07) is 12.4. The van der Waals surface area contributed by atoms with Crippen molar-refractivity contribution in [2.75, 3.05) is 17.8 Å². The maximum Gasteiger partial charge on any atom is 0.261 e. The van der Waals surface area contributed by atoms with Crippen LogP contribution < -0.4 is 10.0 Å². The molecule has 8 heteroatoms. The Hall–Kier alpha value is -2.87. The lowest BCUT2D eigenvalue weighted by atomic mass is 10.1. The summed E-state index contributed by atoms with van der Waals surface area (Å²) in [5.74, 6) is -0.345. The normalized spacial score (nSPS) is 16.3. The molecule has 0 saturated carbocycles. The molecular weight excluding hydrogens is 402 g/mol. The summed E-state index contributed by atoms with van der Waals surface area (Å²) in [6.45, 7) is 4.99. The van der Waals surface area contributed by atoms with Gasteiger partial charge in [0.05, 0.1) is 4.90 Å². The van der Waals surface area contributed by atoms with Crippen LogP contribution in [0.3, 0.4) is 0 Å². The van der Waals surface area contributed by atoms with Crippen LogP contribution in [0.4, 0.5) is 5.69 Å². The largest absolute Gasteiger partial charge is 0.354 e. The Kier molecular flexibility index (Phi) is 6.77. The van der Waals surface area contributed by atoms with E-state index in [1.54, 1.807) is 53.4 Å². The first-order valence-corrected chi connectivity index (χ1v) is 11.6. The van der Waals surface area contributed by atoms with E-state index in [1.165, 1.54) is 0 Å². The van der Waals surface area contributed by atoms with E-state index in [-0.39, 0.29) is 16.7 Å². The molecule has 160 valence electrons. The summed E-state index contributed by atoms with van der Waals surface area (Å²) >= 11 is 0. The van der Waals surface area contributed by atoms with E-state index in [9.17, 15) is 18.0 Å². The van der Waals surface area contributed by atoms with Gasteiger partial charge in [0, 0.05) is 24.3 Å². The van der Waals surface area contributed by atoms with Crippen molar-refractivity contribution >= 4 is 27.5 Å². The van der Waals surface area contributed by atoms with Gasteiger partial charge in [-0.25, -0.2) is 8.42 Å². The minimum atomic E-state index is -3.71. The number of aryl methyl sites for hydroxylation is 1. The maximum atomic E-state index is 12.9. The summed E-state index contributed by atoms with van der Waals surface area (Å²) in [5, 5.41) is 2.85. The number of benzene rings is 2. The molecule has 0 bridgehead atoms. The van der Waals surface area contributed by atoms with Crippen molar-refractivity contribution in [1.29, 1.82) is 0 Å². The molecular formula is C22H27N3O4S. The second-order valence-electron chi connectivity index (χ2n) is 7.44. The third kappa shape index (κ3) is 4.99. The van der Waals surface area contributed by atoms with Gasteiger partial charge >= 0.3 is 0 Å². The fourth-order valence-corrected chi connectivity index (χ4v) is 4.49. The number of likely N-dealkylation sites (tertiary alicyclic amines) is 1. The standard InChI is InChI=1S/C22H27N3O4S/c1-3-14-23-21(26)20-5-4-15-25(20)22(27)17-8-10-18(11-9-17)24-30(28,29)19-12-6-16(2)7-13-19/h6-13,20,24H,3-5,14-15H2,1-2H3,(H,23,26). The van der Waals surface area contributed by atoms with Gasteiger partial charge in [-0.05, 0) is 62.6 Å². The van der Waals surface area contributed by atoms with E-state index >= 15 is 0 Å². The van der Waals surface area contributed by atoms with Crippen LogP contribution in [0, 0.1) is 6.92 Å². The third-order valence-corrected chi connectivity index (χ3v) is 6.48. The molecule has 2 amide bonds. The first kappa shape index (κ1) is 21.8. The number of carbonyl (C=O) groups excluding carboxylic acids is 2. The van der Waals surface area contributed by atoms with E-state index < -0.39 is 16.1 Å². The second kappa shape index (κ2) is 9.30. The minimum absolute atomic E-state index is 0.120. The Labute approximate surface area is 177 Å². The van der Waals surface area contributed by atoms with E-state index in [2.05, 4.69) is 10.0 Å². The first-order valence-electron chi connectivity index (χ1n) is 10.1. The summed E-state index contributed by atoms with van der Waals surface area (Å²) in [6.07, 6.45) is 2.27. The predicted molar refractivity (Wildman–Crippen MR) is 116 cm³/mol. The highest BCUT2D eigenvalue weighted by Gasteiger charge is 2.34. The first-order chi connectivity index (χ1) is 14.3. The van der Waals surface area contributed by atoms with Gasteiger partial charge in [-0.2, -0.15) is 0 Å². The fourth-order valence-electron chi connectivity index (χ4n) is 3.43. The highest BCUT2D eigenvalue weighted by molar-refractivity contribution is 7.92. The molecule has 7 nitrogen and oxygen atoms in total. The smallest absolute Gasteiger partial charge is 0.261 e. The lowest BCUT2D eigenvalue weighted by Crippen LogP contribution is -2.46. The topological polar surface area (TPSA) is 95.6 Å². The van der Waals surface area contributed by atoms with Gasteiger partial charge in [-0.1, -0.05) is 24.6 Å². The lowest BCUT2D eigenvalue weighted by molar-refractivity contribution is -0.124. The molecule has 1 fully saturated rings. The fraction of sp³-hybridized carbons (Fsp3) is 0.364. The Balaban J connectivity index is 1.69. The average molecular weight is 430 g/mol. The summed E-state index contributed by atoms with van der Waals surface area (Å²) in [4.78, 5) is 27.0. The molecule has 3 rings (SSSR count). The molecule has 30 heavy (non-hydrogen) atoms. The minimum Gasteiger partial charge on any atom is -0.354 e. The number of hydrogen-bond donors (Lipinski definition) is 2. The monoisotopic (exact) mass is 429 g/mol. The van der Waals surface area contributed by atoms with Gasteiger partial charge in [0.25, 0.3) is 15.9 Å². The number of carbonyl (C=O) groups is 2. The SMILES string of the molecule is CCCNC(=O)C1CCCN1C(=O)c1ccc(NS(=O)(=O)c2ccc(C)cc2)cc1. The average Bonchev–Trinajstić information content (AvgIpc) is 3.22. The van der Waals surface area contributed by atoms with Gasteiger partial charge < -0.3 is 10.2 Å². The van der Waals surface area contributed by atoms with Gasteiger partial charge in [0.2, 0.25) is 5.91 Å². The van der Waals surface area contributed by atoms with Crippen molar-refractivity contribution in [2.45, 2.75) is 44.0 Å². The molecule has 1 unspecified atom stereocenters. The summed E-state index contributed by atoms with van der Waals surface area (Å²) in [5.41, 5.74) is 1.76. The highest BCUT2D eigenvalue weighted by Crippen LogP contribution is 2.22. The zero-order valence-corrected chi connectivity index (χ0v) is 18.0. The lowest BCUT2D eigenvalue weighted by Gasteiger charge is -2.24. The van der Waals surface area contributed by atoms with Crippen LogP contribution in [-0.4, -0.2) is 44.3 Å². The van der Waals surface area contributed by atoms with E-state index in [0.29, 0.717) is 30.8 Å². The molecule has 1 heterocycles. The molecule has 1 atom stereocenters. The van der Waals surface area contributed by atoms with Crippen LogP contribution in [0.15, 0.2) is 53.4 Å². The van der Waals surface area contributed by atoms with Crippen LogP contribution in [0.2, 0.25) is 0 Å². The maximum absolute atomic E-state index is 12.9. The van der Waals surface area contributed by atoms with E-state index in [1.807, 2.05) is 13.8 Å². The Morgan fingerprint density at radius 1 is 1.07 bits per heavy atom. The molecule has 0 aromatic heterocycles. The molecule has 0 radical (unpaired) electrons. The second-order valence-corrected chi connectivity index (χ2v) is 9.13. The van der Waals surface area contributed by atoms with Crippen molar-refractivity contribution < 1.29 is 18.0 Å². The summed E-state index contributed by atoms with van der Waals surface area (Å²) < 4.78 is 27.6. The molecule has 2 aromatic carbocycles. The zero-order chi connectivity index (χ0) is 21.7. The van der Waals surface area contributed by atoms with Crippen molar-refractivity contribution in [3.05, 3.63) is 59.7 Å². The molecule has 0 aliphatic carbocycles. The van der Waals surface area contributed by atoms with Gasteiger partial charge in [-0.3, -0.25) is 14.3 Å². The number of anilines is 1. The number of nitrogens with one attached hydrogen (secondary N) is 2. The van der Waals surface area contributed by atoms with Crippen LogP contribution in [0.25, 0.3) is 0 Å². The van der Waals surface area contributed by atoms with Crippen LogP contribution in [0.5, 0.6) is 0 Å². The predicted octanol–water partition coefficient (Wildman–Crippen LogP) is 2.93. The summed E-state index contributed by atoms with van der Waals surface area (Å²) in [7, 11) is -3.71. The van der Waals surface area contributed by atoms with E-state index in [0.717, 1.165) is 18.4 Å². The Morgan fingerprint density at radius 3 is 2.37 bits per heavy atom.